The first-order valence-corrected chi connectivity index (χ1v) is 5.83. The quantitative estimate of drug-likeness (QED) is 0.826. The van der Waals surface area contributed by atoms with E-state index in [-0.39, 0.29) is 12.4 Å². The molecule has 0 aromatic heterocycles. The third-order valence-corrected chi connectivity index (χ3v) is 2.65. The molecule has 0 spiro atoms. The summed E-state index contributed by atoms with van der Waals surface area (Å²) in [6.45, 7) is 0.245. The van der Waals surface area contributed by atoms with Gasteiger partial charge < -0.3 is 14.2 Å². The number of hydrogen-bond donors (Lipinski definition) is 0. The fourth-order valence-corrected chi connectivity index (χ4v) is 1.74. The Kier molecular flexibility index (Phi) is 4.23. The molecule has 0 bridgehead atoms. The van der Waals surface area contributed by atoms with Gasteiger partial charge in [0.2, 0.25) is 5.75 Å². The molecule has 0 aliphatic carbocycles. The van der Waals surface area contributed by atoms with Crippen molar-refractivity contribution in [1.82, 2.24) is 0 Å². The van der Waals surface area contributed by atoms with Gasteiger partial charge in [-0.25, -0.2) is 4.39 Å². The summed E-state index contributed by atoms with van der Waals surface area (Å²) in [5.41, 5.74) is 0.743. The van der Waals surface area contributed by atoms with Gasteiger partial charge in [-0.2, -0.15) is 0 Å². The van der Waals surface area contributed by atoms with E-state index in [1.54, 1.807) is 38.5 Å². The fourth-order valence-electron chi connectivity index (χ4n) is 1.74. The summed E-state index contributed by atoms with van der Waals surface area (Å²) in [4.78, 5) is 0. The normalized spacial score (nSPS) is 10.1. The Bertz CT molecular complexity index is 533. The molecule has 2 aromatic carbocycles. The van der Waals surface area contributed by atoms with Crippen molar-refractivity contribution < 1.29 is 18.6 Å². The molecule has 0 atom stereocenters. The molecule has 0 aliphatic heterocycles. The van der Waals surface area contributed by atoms with Crippen LogP contribution in [-0.4, -0.2) is 14.2 Å². The topological polar surface area (TPSA) is 27.7 Å². The van der Waals surface area contributed by atoms with Gasteiger partial charge in [-0.3, -0.25) is 0 Å². The van der Waals surface area contributed by atoms with Crippen molar-refractivity contribution in [1.29, 1.82) is 0 Å². The van der Waals surface area contributed by atoms with E-state index in [4.69, 9.17) is 14.2 Å². The lowest BCUT2D eigenvalue weighted by molar-refractivity contribution is 0.265. The van der Waals surface area contributed by atoms with E-state index in [1.165, 1.54) is 12.1 Å². The molecule has 4 heteroatoms. The number of methoxy groups -OCH3 is 2. The summed E-state index contributed by atoms with van der Waals surface area (Å²) in [7, 11) is 3.12. The van der Waals surface area contributed by atoms with Crippen molar-refractivity contribution in [3.8, 4) is 17.2 Å². The number of hydrogen-bond acceptors (Lipinski definition) is 3. The molecule has 100 valence electrons. The van der Waals surface area contributed by atoms with E-state index in [0.717, 1.165) is 5.56 Å². The molecule has 2 rings (SSSR count). The first kappa shape index (κ1) is 13.2. The van der Waals surface area contributed by atoms with E-state index in [0.29, 0.717) is 17.2 Å². The van der Waals surface area contributed by atoms with Gasteiger partial charge >= 0.3 is 0 Å². The number of rotatable bonds is 5. The minimum absolute atomic E-state index is 0.245. The maximum absolute atomic E-state index is 13.1. The third kappa shape index (κ3) is 3.16. The van der Waals surface area contributed by atoms with Gasteiger partial charge in [0, 0.05) is 0 Å². The van der Waals surface area contributed by atoms with E-state index in [9.17, 15) is 4.39 Å². The predicted molar refractivity (Wildman–Crippen MR) is 70.3 cm³/mol. The van der Waals surface area contributed by atoms with Crippen LogP contribution in [0.25, 0.3) is 0 Å². The fraction of sp³-hybridized carbons (Fsp3) is 0.200. The zero-order valence-electron chi connectivity index (χ0n) is 10.9. The SMILES string of the molecule is COc1cccc(OC)c1OCc1cccc(F)c1. The highest BCUT2D eigenvalue weighted by atomic mass is 19.1. The van der Waals surface area contributed by atoms with Crippen LogP contribution in [0.3, 0.4) is 0 Å². The summed E-state index contributed by atoms with van der Waals surface area (Å²) in [5.74, 6) is 1.39. The molecule has 2 aromatic rings. The molecule has 0 heterocycles. The molecular formula is C15H15FO3. The largest absolute Gasteiger partial charge is 0.493 e. The zero-order valence-corrected chi connectivity index (χ0v) is 10.9. The zero-order chi connectivity index (χ0) is 13.7. The Morgan fingerprint density at radius 3 is 2.16 bits per heavy atom. The second-order valence-corrected chi connectivity index (χ2v) is 3.91. The van der Waals surface area contributed by atoms with Crippen LogP contribution in [-0.2, 0) is 6.61 Å². The van der Waals surface area contributed by atoms with Crippen molar-refractivity contribution in [2.24, 2.45) is 0 Å². The summed E-state index contributed by atoms with van der Waals surface area (Å²) < 4.78 is 29.2. The van der Waals surface area contributed by atoms with Crippen LogP contribution < -0.4 is 14.2 Å². The van der Waals surface area contributed by atoms with Gasteiger partial charge in [-0.15, -0.1) is 0 Å². The van der Waals surface area contributed by atoms with Gasteiger partial charge in [0.15, 0.2) is 11.5 Å². The lowest BCUT2D eigenvalue weighted by Gasteiger charge is -2.14. The standard InChI is InChI=1S/C15H15FO3/c1-17-13-7-4-8-14(18-2)15(13)19-10-11-5-3-6-12(16)9-11/h3-9H,10H2,1-2H3. The molecule has 0 N–H and O–H groups in total. The monoisotopic (exact) mass is 262 g/mol. The molecule has 0 fully saturated rings. The van der Waals surface area contributed by atoms with Crippen molar-refractivity contribution in [3.63, 3.8) is 0 Å². The van der Waals surface area contributed by atoms with Crippen LogP contribution in [0.5, 0.6) is 17.2 Å². The van der Waals surface area contributed by atoms with Crippen molar-refractivity contribution in [2.45, 2.75) is 6.61 Å². The van der Waals surface area contributed by atoms with Crippen LogP contribution in [0.2, 0.25) is 0 Å². The summed E-state index contributed by atoms with van der Waals surface area (Å²) in [5, 5.41) is 0. The molecule has 0 saturated carbocycles. The Labute approximate surface area is 111 Å². The molecule has 0 unspecified atom stereocenters. The maximum atomic E-state index is 13.1. The van der Waals surface area contributed by atoms with Crippen LogP contribution in [0, 0.1) is 5.82 Å². The number of para-hydroxylation sites is 1. The first-order valence-electron chi connectivity index (χ1n) is 5.83. The average Bonchev–Trinajstić information content (AvgIpc) is 2.44. The van der Waals surface area contributed by atoms with E-state index >= 15 is 0 Å². The Morgan fingerprint density at radius 2 is 1.58 bits per heavy atom. The van der Waals surface area contributed by atoms with Crippen LogP contribution >= 0.6 is 0 Å². The molecule has 0 saturated heterocycles. The third-order valence-electron chi connectivity index (χ3n) is 2.65. The summed E-state index contributed by atoms with van der Waals surface area (Å²) in [6, 6.07) is 11.6. The van der Waals surface area contributed by atoms with Gasteiger partial charge in [0.1, 0.15) is 12.4 Å². The lowest BCUT2D eigenvalue weighted by Crippen LogP contribution is -2.00. The molecule has 19 heavy (non-hydrogen) atoms. The molecule has 0 aliphatic rings. The highest BCUT2D eigenvalue weighted by Crippen LogP contribution is 2.37. The Hall–Kier alpha value is -2.23. The smallest absolute Gasteiger partial charge is 0.203 e. The van der Waals surface area contributed by atoms with Crippen LogP contribution in [0.15, 0.2) is 42.5 Å². The van der Waals surface area contributed by atoms with E-state index < -0.39 is 0 Å². The molecule has 0 radical (unpaired) electrons. The second-order valence-electron chi connectivity index (χ2n) is 3.91. The van der Waals surface area contributed by atoms with E-state index in [1.807, 2.05) is 6.07 Å². The van der Waals surface area contributed by atoms with E-state index in [2.05, 4.69) is 0 Å². The minimum atomic E-state index is -0.284. The predicted octanol–water partition coefficient (Wildman–Crippen LogP) is 3.42. The average molecular weight is 262 g/mol. The summed E-state index contributed by atoms with van der Waals surface area (Å²) >= 11 is 0. The molecular weight excluding hydrogens is 247 g/mol. The summed E-state index contributed by atoms with van der Waals surface area (Å²) in [6.07, 6.45) is 0. The van der Waals surface area contributed by atoms with Crippen LogP contribution in [0.4, 0.5) is 4.39 Å². The van der Waals surface area contributed by atoms with Gasteiger partial charge in [0.25, 0.3) is 0 Å². The van der Waals surface area contributed by atoms with Crippen molar-refractivity contribution >= 4 is 0 Å². The molecule has 0 amide bonds. The van der Waals surface area contributed by atoms with Crippen LogP contribution in [0.1, 0.15) is 5.56 Å². The number of benzene rings is 2. The first-order chi connectivity index (χ1) is 9.24. The Balaban J connectivity index is 2.19. The van der Waals surface area contributed by atoms with Crippen molar-refractivity contribution in [2.75, 3.05) is 14.2 Å². The maximum Gasteiger partial charge on any atom is 0.203 e. The van der Waals surface area contributed by atoms with Gasteiger partial charge in [-0.1, -0.05) is 18.2 Å². The highest BCUT2D eigenvalue weighted by Gasteiger charge is 2.11. The van der Waals surface area contributed by atoms with Gasteiger partial charge in [0.05, 0.1) is 14.2 Å². The number of halogens is 1. The van der Waals surface area contributed by atoms with Gasteiger partial charge in [-0.05, 0) is 29.8 Å². The highest BCUT2D eigenvalue weighted by molar-refractivity contribution is 5.51. The minimum Gasteiger partial charge on any atom is -0.493 e. The lowest BCUT2D eigenvalue weighted by atomic mass is 10.2. The number of ether oxygens (including phenoxy) is 3. The van der Waals surface area contributed by atoms with Crippen molar-refractivity contribution in [3.05, 3.63) is 53.8 Å². The Morgan fingerprint density at radius 1 is 0.947 bits per heavy atom. The molecule has 3 nitrogen and oxygen atoms in total. The second kappa shape index (κ2) is 6.09.